The molecule has 0 unspecified atom stereocenters. The van der Waals surface area contributed by atoms with Crippen LogP contribution in [-0.2, 0) is 22.6 Å². The van der Waals surface area contributed by atoms with Gasteiger partial charge < -0.3 is 10.2 Å². The second-order valence-corrected chi connectivity index (χ2v) is 7.63. The van der Waals surface area contributed by atoms with Crippen molar-refractivity contribution in [2.45, 2.75) is 39.3 Å². The van der Waals surface area contributed by atoms with Crippen LogP contribution in [0.25, 0.3) is 0 Å². The monoisotopic (exact) mass is 451 g/mol. The fraction of sp³-hybridized carbons (Fsp3) is 0.333. The molecular formula is C21H23Cl2N3O4. The van der Waals surface area contributed by atoms with E-state index in [9.17, 15) is 19.7 Å². The van der Waals surface area contributed by atoms with Crippen LogP contribution in [0, 0.1) is 10.1 Å². The van der Waals surface area contributed by atoms with E-state index in [2.05, 4.69) is 5.32 Å². The van der Waals surface area contributed by atoms with Crippen LogP contribution in [0.3, 0.4) is 0 Å². The minimum Gasteiger partial charge on any atom is -0.354 e. The molecule has 9 heteroatoms. The van der Waals surface area contributed by atoms with Crippen LogP contribution in [0.5, 0.6) is 0 Å². The van der Waals surface area contributed by atoms with Gasteiger partial charge in [0, 0.05) is 34.8 Å². The Morgan fingerprint density at radius 3 is 2.50 bits per heavy atom. The molecular weight excluding hydrogens is 429 g/mol. The molecule has 1 atom stereocenters. The smallest absolute Gasteiger partial charge is 0.273 e. The third-order valence-corrected chi connectivity index (χ3v) is 5.19. The molecule has 0 fully saturated rings. The highest BCUT2D eigenvalue weighted by molar-refractivity contribution is 6.35. The number of benzene rings is 2. The molecule has 0 aromatic heterocycles. The van der Waals surface area contributed by atoms with Crippen molar-refractivity contribution >= 4 is 40.7 Å². The van der Waals surface area contributed by atoms with Gasteiger partial charge in [0.15, 0.2) is 0 Å². The number of carbonyl (C=O) groups excluding carboxylic acids is 2. The van der Waals surface area contributed by atoms with Crippen LogP contribution in [0.1, 0.15) is 31.4 Å². The van der Waals surface area contributed by atoms with E-state index in [1.807, 2.05) is 6.92 Å². The zero-order valence-corrected chi connectivity index (χ0v) is 18.2. The number of nitrogens with one attached hydrogen (secondary N) is 1. The van der Waals surface area contributed by atoms with E-state index in [0.717, 1.165) is 6.42 Å². The molecule has 0 aliphatic carbocycles. The number of nitrogens with zero attached hydrogens (tertiary/aromatic N) is 2. The number of nitro groups is 1. The highest BCUT2D eigenvalue weighted by Crippen LogP contribution is 2.24. The summed E-state index contributed by atoms with van der Waals surface area (Å²) in [5, 5.41) is 14.9. The molecule has 2 amide bonds. The fourth-order valence-corrected chi connectivity index (χ4v) is 3.38. The molecule has 0 saturated carbocycles. The van der Waals surface area contributed by atoms with Crippen molar-refractivity contribution in [3.63, 3.8) is 0 Å². The largest absolute Gasteiger partial charge is 0.354 e. The summed E-state index contributed by atoms with van der Waals surface area (Å²) in [6.07, 6.45) is 0.541. The van der Waals surface area contributed by atoms with Gasteiger partial charge in [-0.25, -0.2) is 0 Å². The van der Waals surface area contributed by atoms with E-state index < -0.39 is 16.9 Å². The van der Waals surface area contributed by atoms with Gasteiger partial charge in [-0.1, -0.05) is 54.4 Å². The molecule has 2 aromatic carbocycles. The van der Waals surface area contributed by atoms with Crippen molar-refractivity contribution in [1.82, 2.24) is 10.2 Å². The van der Waals surface area contributed by atoms with Crippen LogP contribution >= 0.6 is 23.2 Å². The predicted octanol–water partition coefficient (Wildman–Crippen LogP) is 4.39. The van der Waals surface area contributed by atoms with Crippen LogP contribution in [0.4, 0.5) is 5.69 Å². The van der Waals surface area contributed by atoms with Gasteiger partial charge in [0.1, 0.15) is 6.04 Å². The first-order valence-corrected chi connectivity index (χ1v) is 10.2. The van der Waals surface area contributed by atoms with E-state index in [-0.39, 0.29) is 30.1 Å². The molecule has 0 aliphatic rings. The molecule has 30 heavy (non-hydrogen) atoms. The molecule has 0 saturated heterocycles. The van der Waals surface area contributed by atoms with Gasteiger partial charge in [0.2, 0.25) is 11.8 Å². The molecule has 0 spiro atoms. The number of halogens is 2. The Morgan fingerprint density at radius 2 is 1.87 bits per heavy atom. The summed E-state index contributed by atoms with van der Waals surface area (Å²) in [5.74, 6) is -0.729. The zero-order valence-electron chi connectivity index (χ0n) is 16.7. The predicted molar refractivity (Wildman–Crippen MR) is 117 cm³/mol. The Bertz CT molecular complexity index is 936. The number of hydrogen-bond acceptors (Lipinski definition) is 4. The maximum Gasteiger partial charge on any atom is 0.273 e. The SMILES string of the molecule is CCCNC(=O)[C@H](C)N(Cc1ccc(Cl)cc1Cl)C(=O)Cc1ccccc1[N+](=O)[O-]. The van der Waals surface area contributed by atoms with Gasteiger partial charge in [0.25, 0.3) is 5.69 Å². The quantitative estimate of drug-likeness (QED) is 0.451. The minimum atomic E-state index is -0.793. The van der Waals surface area contributed by atoms with E-state index >= 15 is 0 Å². The molecule has 0 radical (unpaired) electrons. The first-order chi connectivity index (χ1) is 14.2. The van der Waals surface area contributed by atoms with E-state index in [0.29, 0.717) is 22.2 Å². The van der Waals surface area contributed by atoms with Gasteiger partial charge in [-0.05, 0) is 31.0 Å². The molecule has 2 aromatic rings. The number of amides is 2. The second kappa shape index (κ2) is 10.9. The highest BCUT2D eigenvalue weighted by Gasteiger charge is 2.28. The van der Waals surface area contributed by atoms with Crippen molar-refractivity contribution in [2.24, 2.45) is 0 Å². The minimum absolute atomic E-state index is 0.0657. The van der Waals surface area contributed by atoms with Crippen LogP contribution in [0.2, 0.25) is 10.0 Å². The fourth-order valence-electron chi connectivity index (χ4n) is 2.91. The van der Waals surface area contributed by atoms with E-state index in [1.54, 1.807) is 31.2 Å². The Balaban J connectivity index is 2.33. The van der Waals surface area contributed by atoms with Gasteiger partial charge >= 0.3 is 0 Å². The standard InChI is InChI=1S/C21H23Cl2N3O4/c1-3-10-24-21(28)14(2)25(13-16-8-9-17(22)12-18(16)23)20(27)11-15-6-4-5-7-19(15)26(29)30/h4-9,12,14H,3,10-11,13H2,1-2H3,(H,24,28)/t14-/m0/s1. The maximum absolute atomic E-state index is 13.1. The van der Waals surface area contributed by atoms with E-state index in [1.165, 1.54) is 23.1 Å². The van der Waals surface area contributed by atoms with Crippen molar-refractivity contribution < 1.29 is 14.5 Å². The van der Waals surface area contributed by atoms with Gasteiger partial charge in [-0.2, -0.15) is 0 Å². The number of hydrogen-bond donors (Lipinski definition) is 1. The first-order valence-electron chi connectivity index (χ1n) is 9.48. The van der Waals surface area contributed by atoms with Crippen molar-refractivity contribution in [3.05, 3.63) is 73.8 Å². The Labute approximate surface area is 185 Å². The second-order valence-electron chi connectivity index (χ2n) is 6.79. The average molecular weight is 452 g/mol. The molecule has 0 aliphatic heterocycles. The summed E-state index contributed by atoms with van der Waals surface area (Å²) < 4.78 is 0. The number of para-hydroxylation sites is 1. The Kier molecular flexibility index (Phi) is 8.62. The third kappa shape index (κ3) is 6.18. The Hall–Kier alpha value is -2.64. The molecule has 2 rings (SSSR count). The summed E-state index contributed by atoms with van der Waals surface area (Å²) in [5.41, 5.74) is 0.756. The van der Waals surface area contributed by atoms with Gasteiger partial charge in [-0.15, -0.1) is 0 Å². The lowest BCUT2D eigenvalue weighted by Gasteiger charge is -2.29. The number of carbonyl (C=O) groups is 2. The van der Waals surface area contributed by atoms with Gasteiger partial charge in [0.05, 0.1) is 11.3 Å². The van der Waals surface area contributed by atoms with Crippen molar-refractivity contribution in [1.29, 1.82) is 0 Å². The lowest BCUT2D eigenvalue weighted by molar-refractivity contribution is -0.385. The highest BCUT2D eigenvalue weighted by atomic mass is 35.5. The molecule has 7 nitrogen and oxygen atoms in total. The van der Waals surface area contributed by atoms with Crippen LogP contribution in [-0.4, -0.2) is 34.2 Å². The Morgan fingerprint density at radius 1 is 1.17 bits per heavy atom. The summed E-state index contributed by atoms with van der Waals surface area (Å²) >= 11 is 12.2. The lowest BCUT2D eigenvalue weighted by atomic mass is 10.1. The van der Waals surface area contributed by atoms with Crippen molar-refractivity contribution in [3.8, 4) is 0 Å². The first kappa shape index (κ1) is 23.6. The summed E-state index contributed by atoms with van der Waals surface area (Å²) in [6.45, 7) is 4.09. The van der Waals surface area contributed by atoms with Crippen molar-refractivity contribution in [2.75, 3.05) is 6.54 Å². The topological polar surface area (TPSA) is 92.6 Å². The number of rotatable bonds is 9. The summed E-state index contributed by atoms with van der Waals surface area (Å²) in [4.78, 5) is 37.8. The van der Waals surface area contributed by atoms with E-state index in [4.69, 9.17) is 23.2 Å². The molecule has 160 valence electrons. The third-order valence-electron chi connectivity index (χ3n) is 4.60. The normalized spacial score (nSPS) is 11.6. The maximum atomic E-state index is 13.1. The summed E-state index contributed by atoms with van der Waals surface area (Å²) in [7, 11) is 0. The van der Waals surface area contributed by atoms with Crippen LogP contribution < -0.4 is 5.32 Å². The zero-order chi connectivity index (χ0) is 22.3. The van der Waals surface area contributed by atoms with Crippen LogP contribution in [0.15, 0.2) is 42.5 Å². The molecule has 0 heterocycles. The average Bonchev–Trinajstić information content (AvgIpc) is 2.71. The lowest BCUT2D eigenvalue weighted by Crippen LogP contribution is -2.48. The molecule has 1 N–H and O–H groups in total. The van der Waals surface area contributed by atoms with Gasteiger partial charge in [-0.3, -0.25) is 19.7 Å². The molecule has 0 bridgehead atoms. The summed E-state index contributed by atoms with van der Waals surface area (Å²) in [6, 6.07) is 10.2. The number of nitro benzene ring substituents is 1.